The van der Waals surface area contributed by atoms with Crippen LogP contribution in [0.25, 0.3) is 11.1 Å². The van der Waals surface area contributed by atoms with E-state index in [1.165, 1.54) is 0 Å². The number of methoxy groups -OCH3 is 1. The average molecular weight is 216 g/mol. The van der Waals surface area contributed by atoms with E-state index >= 15 is 0 Å². The molecule has 0 unspecified atom stereocenters. The third-order valence-electron chi connectivity index (χ3n) is 2.42. The Kier molecular flexibility index (Phi) is 2.72. The van der Waals surface area contributed by atoms with Crippen molar-refractivity contribution in [2.75, 3.05) is 7.11 Å². The quantitative estimate of drug-likeness (QED) is 0.832. The number of hydrogen-bond acceptors (Lipinski definition) is 3. The highest BCUT2D eigenvalue weighted by Crippen LogP contribution is 2.25. The van der Waals surface area contributed by atoms with Crippen LogP contribution in [-0.2, 0) is 0 Å². The van der Waals surface area contributed by atoms with Crippen molar-refractivity contribution in [2.45, 2.75) is 6.92 Å². The molecular weight excluding hydrogens is 204 g/mol. The molecule has 82 valence electrons. The monoisotopic (exact) mass is 216 g/mol. The number of benzene rings is 1. The van der Waals surface area contributed by atoms with Gasteiger partial charge in [-0.2, -0.15) is 0 Å². The van der Waals surface area contributed by atoms with Crippen molar-refractivity contribution < 1.29 is 4.74 Å². The van der Waals surface area contributed by atoms with Crippen LogP contribution in [0.2, 0.25) is 0 Å². The second-order valence-electron chi connectivity index (χ2n) is 3.49. The van der Waals surface area contributed by atoms with Crippen molar-refractivity contribution in [1.29, 1.82) is 0 Å². The van der Waals surface area contributed by atoms with Crippen LogP contribution in [0.1, 0.15) is 5.56 Å². The van der Waals surface area contributed by atoms with Gasteiger partial charge in [0.15, 0.2) is 0 Å². The van der Waals surface area contributed by atoms with E-state index in [2.05, 4.69) is 9.97 Å². The fraction of sp³-hybridized carbons (Fsp3) is 0.167. The standard InChI is InChI=1S/C12H12N2O2/c1-8-5-10(16-2)3-4-11(8)9-6-13-12(15)14-7-9/h3-7H,1-2H3,(H,13,14,15). The second-order valence-corrected chi connectivity index (χ2v) is 3.49. The number of aromatic nitrogens is 2. The Morgan fingerprint density at radius 1 is 1.38 bits per heavy atom. The molecule has 0 aliphatic heterocycles. The zero-order valence-corrected chi connectivity index (χ0v) is 9.15. The van der Waals surface area contributed by atoms with E-state index in [1.807, 2.05) is 25.1 Å². The molecule has 0 amide bonds. The largest absolute Gasteiger partial charge is 0.497 e. The summed E-state index contributed by atoms with van der Waals surface area (Å²) in [5, 5.41) is 0. The zero-order valence-electron chi connectivity index (χ0n) is 9.15. The molecule has 4 nitrogen and oxygen atoms in total. The minimum atomic E-state index is -0.338. The lowest BCUT2D eigenvalue weighted by Crippen LogP contribution is -2.08. The Morgan fingerprint density at radius 2 is 2.19 bits per heavy atom. The van der Waals surface area contributed by atoms with Gasteiger partial charge in [-0.1, -0.05) is 6.07 Å². The summed E-state index contributed by atoms with van der Waals surface area (Å²) in [5.41, 5.74) is 2.66. The minimum Gasteiger partial charge on any atom is -0.497 e. The molecule has 1 heterocycles. The van der Waals surface area contributed by atoms with Gasteiger partial charge in [-0.15, -0.1) is 0 Å². The van der Waals surface area contributed by atoms with E-state index in [-0.39, 0.29) is 5.69 Å². The van der Waals surface area contributed by atoms with Crippen molar-refractivity contribution in [1.82, 2.24) is 9.97 Å². The molecular formula is C12H12N2O2. The summed E-state index contributed by atoms with van der Waals surface area (Å²) in [6.07, 6.45) is 3.22. The normalized spacial score (nSPS) is 10.1. The second kappa shape index (κ2) is 4.18. The van der Waals surface area contributed by atoms with Crippen LogP contribution in [0.15, 0.2) is 35.4 Å². The summed E-state index contributed by atoms with van der Waals surface area (Å²) in [7, 11) is 1.63. The Labute approximate surface area is 92.9 Å². The molecule has 2 aromatic rings. The van der Waals surface area contributed by atoms with Gasteiger partial charge in [-0.25, -0.2) is 9.78 Å². The number of ether oxygens (including phenoxy) is 1. The molecule has 4 heteroatoms. The fourth-order valence-electron chi connectivity index (χ4n) is 1.58. The minimum absolute atomic E-state index is 0.338. The van der Waals surface area contributed by atoms with E-state index in [4.69, 9.17) is 4.74 Å². The first kappa shape index (κ1) is 10.4. The molecule has 0 atom stereocenters. The van der Waals surface area contributed by atoms with Gasteiger partial charge >= 0.3 is 5.69 Å². The van der Waals surface area contributed by atoms with Gasteiger partial charge in [-0.05, 0) is 30.2 Å². The predicted octanol–water partition coefficient (Wildman–Crippen LogP) is 1.75. The smallest absolute Gasteiger partial charge is 0.344 e. The van der Waals surface area contributed by atoms with Crippen LogP contribution >= 0.6 is 0 Å². The molecule has 1 aromatic carbocycles. The molecule has 0 fully saturated rings. The highest BCUT2D eigenvalue weighted by atomic mass is 16.5. The predicted molar refractivity (Wildman–Crippen MR) is 61.6 cm³/mol. The van der Waals surface area contributed by atoms with E-state index < -0.39 is 0 Å². The maximum atomic E-state index is 10.9. The Bertz CT molecular complexity index is 541. The first-order chi connectivity index (χ1) is 7.70. The summed E-state index contributed by atoms with van der Waals surface area (Å²) >= 11 is 0. The number of aromatic amines is 1. The van der Waals surface area contributed by atoms with Crippen molar-refractivity contribution in [2.24, 2.45) is 0 Å². The van der Waals surface area contributed by atoms with Gasteiger partial charge < -0.3 is 9.72 Å². The van der Waals surface area contributed by atoms with E-state index in [0.29, 0.717) is 0 Å². The van der Waals surface area contributed by atoms with Gasteiger partial charge in [0.05, 0.1) is 7.11 Å². The van der Waals surface area contributed by atoms with Crippen LogP contribution in [0, 0.1) is 6.92 Å². The number of aryl methyl sites for hydroxylation is 1. The number of nitrogens with zero attached hydrogens (tertiary/aromatic N) is 1. The van der Waals surface area contributed by atoms with Gasteiger partial charge in [0, 0.05) is 18.0 Å². The van der Waals surface area contributed by atoms with Crippen molar-refractivity contribution in [3.05, 3.63) is 46.6 Å². The summed E-state index contributed by atoms with van der Waals surface area (Å²) in [5.74, 6) is 0.818. The number of rotatable bonds is 2. The average Bonchev–Trinajstić information content (AvgIpc) is 2.30. The molecule has 0 radical (unpaired) electrons. The van der Waals surface area contributed by atoms with Crippen molar-refractivity contribution in [3.63, 3.8) is 0 Å². The van der Waals surface area contributed by atoms with Crippen LogP contribution in [0.5, 0.6) is 5.75 Å². The van der Waals surface area contributed by atoms with Crippen LogP contribution < -0.4 is 10.4 Å². The molecule has 0 aliphatic rings. The molecule has 0 saturated carbocycles. The lowest BCUT2D eigenvalue weighted by atomic mass is 10.0. The molecule has 1 aromatic heterocycles. The first-order valence-corrected chi connectivity index (χ1v) is 4.90. The first-order valence-electron chi connectivity index (χ1n) is 4.90. The summed E-state index contributed by atoms with van der Waals surface area (Å²) in [4.78, 5) is 17.1. The Hall–Kier alpha value is -2.10. The van der Waals surface area contributed by atoms with Gasteiger partial charge in [0.2, 0.25) is 0 Å². The number of nitrogens with one attached hydrogen (secondary N) is 1. The Balaban J connectivity index is 2.48. The van der Waals surface area contributed by atoms with Crippen LogP contribution in [0.3, 0.4) is 0 Å². The van der Waals surface area contributed by atoms with E-state index in [1.54, 1.807) is 19.5 Å². The molecule has 0 spiro atoms. The summed E-state index contributed by atoms with van der Waals surface area (Å²) in [6, 6.07) is 5.78. The topological polar surface area (TPSA) is 55.0 Å². The molecule has 16 heavy (non-hydrogen) atoms. The molecule has 0 saturated heterocycles. The lowest BCUT2D eigenvalue weighted by molar-refractivity contribution is 0.414. The van der Waals surface area contributed by atoms with Crippen LogP contribution in [0.4, 0.5) is 0 Å². The van der Waals surface area contributed by atoms with Gasteiger partial charge in [-0.3, -0.25) is 0 Å². The maximum absolute atomic E-state index is 10.9. The van der Waals surface area contributed by atoms with E-state index in [9.17, 15) is 4.79 Å². The molecule has 0 aliphatic carbocycles. The highest BCUT2D eigenvalue weighted by Gasteiger charge is 2.03. The maximum Gasteiger partial charge on any atom is 0.344 e. The highest BCUT2D eigenvalue weighted by molar-refractivity contribution is 5.66. The van der Waals surface area contributed by atoms with Crippen molar-refractivity contribution in [3.8, 4) is 16.9 Å². The summed E-state index contributed by atoms with van der Waals surface area (Å²) < 4.78 is 5.13. The molecule has 1 N–H and O–H groups in total. The van der Waals surface area contributed by atoms with E-state index in [0.717, 1.165) is 22.4 Å². The van der Waals surface area contributed by atoms with Crippen LogP contribution in [-0.4, -0.2) is 17.1 Å². The third-order valence-corrected chi connectivity index (χ3v) is 2.42. The van der Waals surface area contributed by atoms with Gasteiger partial charge in [0.1, 0.15) is 5.75 Å². The lowest BCUT2D eigenvalue weighted by Gasteiger charge is -2.07. The zero-order chi connectivity index (χ0) is 11.5. The number of hydrogen-bond donors (Lipinski definition) is 1. The molecule has 0 bridgehead atoms. The third kappa shape index (κ3) is 1.95. The van der Waals surface area contributed by atoms with Gasteiger partial charge in [0.25, 0.3) is 0 Å². The number of H-pyrrole nitrogens is 1. The Morgan fingerprint density at radius 3 is 2.75 bits per heavy atom. The summed E-state index contributed by atoms with van der Waals surface area (Å²) in [6.45, 7) is 1.99. The van der Waals surface area contributed by atoms with Crippen molar-refractivity contribution >= 4 is 0 Å². The molecule has 2 rings (SSSR count). The SMILES string of the molecule is COc1ccc(-c2cnc(=O)[nH]c2)c(C)c1. The fourth-order valence-corrected chi connectivity index (χ4v) is 1.58.